The summed E-state index contributed by atoms with van der Waals surface area (Å²) in [5, 5.41) is 0. The van der Waals surface area contributed by atoms with Crippen molar-refractivity contribution in [2.45, 2.75) is 19.8 Å². The first kappa shape index (κ1) is 13.8. The van der Waals surface area contributed by atoms with Gasteiger partial charge in [-0.3, -0.25) is 4.79 Å². The van der Waals surface area contributed by atoms with Crippen LogP contribution in [0.4, 0.5) is 0 Å². The average Bonchev–Trinajstić information content (AvgIpc) is 2.70. The molecule has 0 aliphatic carbocycles. The first-order chi connectivity index (χ1) is 7.63. The van der Waals surface area contributed by atoms with E-state index in [9.17, 15) is 4.79 Å². The van der Waals surface area contributed by atoms with E-state index in [-0.39, 0.29) is 5.91 Å². The smallest absolute Gasteiger partial charge is 0.232 e. The number of hydrogen-bond acceptors (Lipinski definition) is 3. The Morgan fingerprint density at radius 3 is 2.62 bits per heavy atom. The second kappa shape index (κ2) is 7.17. The van der Waals surface area contributed by atoms with E-state index in [2.05, 4.69) is 11.8 Å². The summed E-state index contributed by atoms with van der Waals surface area (Å²) in [7, 11) is 1.92. The van der Waals surface area contributed by atoms with Gasteiger partial charge in [-0.2, -0.15) is 11.8 Å². The molecule has 1 heterocycles. The highest BCUT2D eigenvalue weighted by Crippen LogP contribution is 2.11. The lowest BCUT2D eigenvalue weighted by Crippen LogP contribution is -2.36. The van der Waals surface area contributed by atoms with Crippen LogP contribution in [0.15, 0.2) is 0 Å². The highest BCUT2D eigenvalue weighted by Gasteiger charge is 2.17. The van der Waals surface area contributed by atoms with E-state index in [1.54, 1.807) is 11.8 Å². The molecule has 1 saturated heterocycles. The third-order valence-corrected chi connectivity index (χ3v) is 3.58. The van der Waals surface area contributed by atoms with Crippen molar-refractivity contribution in [3.8, 4) is 0 Å². The Morgan fingerprint density at radius 2 is 2.06 bits per heavy atom. The Morgan fingerprint density at radius 1 is 1.44 bits per heavy atom. The molecule has 0 radical (unpaired) electrons. The first-order valence-corrected chi connectivity index (χ1v) is 7.48. The monoisotopic (exact) mass is 244 g/mol. The van der Waals surface area contributed by atoms with Gasteiger partial charge in [0.25, 0.3) is 0 Å². The molecule has 0 saturated carbocycles. The fraction of sp³-hybridized carbons (Fsp3) is 0.917. The Balaban J connectivity index is 2.21. The molecule has 0 bridgehead atoms. The number of carbonyl (C=O) groups is 1. The van der Waals surface area contributed by atoms with Gasteiger partial charge in [0.15, 0.2) is 0 Å². The minimum absolute atomic E-state index is 0.251. The average molecular weight is 244 g/mol. The standard InChI is InChI=1S/C12H24N2OS/c1-11(9-14-6-4-5-7-14)8-13(2)12(15)10-16-3/h11H,4-10H2,1-3H3. The summed E-state index contributed by atoms with van der Waals surface area (Å²) >= 11 is 1.60. The molecule has 0 aromatic carbocycles. The quantitative estimate of drug-likeness (QED) is 0.708. The fourth-order valence-electron chi connectivity index (χ4n) is 2.27. The van der Waals surface area contributed by atoms with Crippen LogP contribution in [0.2, 0.25) is 0 Å². The minimum atomic E-state index is 0.251. The van der Waals surface area contributed by atoms with E-state index >= 15 is 0 Å². The van der Waals surface area contributed by atoms with Crippen molar-refractivity contribution in [3.63, 3.8) is 0 Å². The third kappa shape index (κ3) is 4.74. The van der Waals surface area contributed by atoms with Crippen molar-refractivity contribution in [3.05, 3.63) is 0 Å². The third-order valence-electron chi connectivity index (χ3n) is 3.05. The number of carbonyl (C=O) groups excluding carboxylic acids is 1. The molecule has 1 atom stereocenters. The number of thioether (sulfide) groups is 1. The Hall–Kier alpha value is -0.220. The topological polar surface area (TPSA) is 23.6 Å². The molecule has 3 nitrogen and oxygen atoms in total. The van der Waals surface area contributed by atoms with Gasteiger partial charge >= 0.3 is 0 Å². The molecule has 0 spiro atoms. The van der Waals surface area contributed by atoms with Gasteiger partial charge in [0.1, 0.15) is 0 Å². The van der Waals surface area contributed by atoms with Gasteiger partial charge in [0.2, 0.25) is 5.91 Å². The SMILES string of the molecule is CSCC(=O)N(C)CC(C)CN1CCCC1. The van der Waals surface area contributed by atoms with Crippen molar-refractivity contribution in [2.24, 2.45) is 5.92 Å². The lowest BCUT2D eigenvalue weighted by Gasteiger charge is -2.25. The van der Waals surface area contributed by atoms with Gasteiger partial charge in [-0.25, -0.2) is 0 Å². The summed E-state index contributed by atoms with van der Waals surface area (Å²) < 4.78 is 0. The van der Waals surface area contributed by atoms with Gasteiger partial charge in [-0.15, -0.1) is 0 Å². The largest absolute Gasteiger partial charge is 0.345 e. The van der Waals surface area contributed by atoms with Crippen LogP contribution in [0, 0.1) is 5.92 Å². The van der Waals surface area contributed by atoms with Crippen molar-refractivity contribution in [1.29, 1.82) is 0 Å². The van der Waals surface area contributed by atoms with Crippen LogP contribution in [0.3, 0.4) is 0 Å². The molecular formula is C12H24N2OS. The highest BCUT2D eigenvalue weighted by atomic mass is 32.2. The Kier molecular flexibility index (Phi) is 6.21. The molecule has 0 N–H and O–H groups in total. The normalized spacial score (nSPS) is 18.7. The Labute approximate surface area is 104 Å². The highest BCUT2D eigenvalue weighted by molar-refractivity contribution is 7.99. The number of amides is 1. The van der Waals surface area contributed by atoms with E-state index in [1.807, 2.05) is 18.2 Å². The van der Waals surface area contributed by atoms with Crippen molar-refractivity contribution in [1.82, 2.24) is 9.80 Å². The van der Waals surface area contributed by atoms with Crippen LogP contribution >= 0.6 is 11.8 Å². The van der Waals surface area contributed by atoms with Gasteiger partial charge in [-0.1, -0.05) is 6.92 Å². The molecule has 94 valence electrons. The van der Waals surface area contributed by atoms with Crippen LogP contribution in [-0.4, -0.2) is 60.9 Å². The van der Waals surface area contributed by atoms with Crippen molar-refractivity contribution in [2.75, 3.05) is 45.2 Å². The maximum Gasteiger partial charge on any atom is 0.232 e. The van der Waals surface area contributed by atoms with Crippen molar-refractivity contribution < 1.29 is 4.79 Å². The van der Waals surface area contributed by atoms with Gasteiger partial charge in [-0.05, 0) is 38.1 Å². The lowest BCUT2D eigenvalue weighted by atomic mass is 10.1. The fourth-order valence-corrected chi connectivity index (χ4v) is 2.73. The van der Waals surface area contributed by atoms with Crippen LogP contribution in [0.1, 0.15) is 19.8 Å². The number of nitrogens with zero attached hydrogens (tertiary/aromatic N) is 2. The second-order valence-electron chi connectivity index (χ2n) is 4.82. The van der Waals surface area contributed by atoms with Crippen molar-refractivity contribution >= 4 is 17.7 Å². The first-order valence-electron chi connectivity index (χ1n) is 6.08. The summed E-state index contributed by atoms with van der Waals surface area (Å²) in [5.74, 6) is 1.43. The molecule has 1 fully saturated rings. The molecular weight excluding hydrogens is 220 g/mol. The predicted octanol–water partition coefficient (Wildman–Crippen LogP) is 1.54. The summed E-state index contributed by atoms with van der Waals surface area (Å²) in [6.45, 7) is 6.74. The molecule has 1 aliphatic heterocycles. The molecule has 0 aromatic rings. The van der Waals surface area contributed by atoms with Crippen LogP contribution in [0.5, 0.6) is 0 Å². The van der Waals surface area contributed by atoms with Gasteiger partial charge in [0, 0.05) is 20.1 Å². The number of likely N-dealkylation sites (tertiary alicyclic amines) is 1. The van der Waals surface area contributed by atoms with E-state index < -0.39 is 0 Å². The minimum Gasteiger partial charge on any atom is -0.345 e. The maximum atomic E-state index is 11.6. The number of rotatable bonds is 6. The molecule has 4 heteroatoms. The second-order valence-corrected chi connectivity index (χ2v) is 5.69. The Bertz CT molecular complexity index is 217. The zero-order valence-electron chi connectivity index (χ0n) is 10.7. The van der Waals surface area contributed by atoms with Gasteiger partial charge in [0.05, 0.1) is 5.75 Å². The van der Waals surface area contributed by atoms with Crippen LogP contribution in [0.25, 0.3) is 0 Å². The summed E-state index contributed by atoms with van der Waals surface area (Å²) in [5.41, 5.74) is 0. The van der Waals surface area contributed by atoms with E-state index in [0.717, 1.165) is 13.1 Å². The lowest BCUT2D eigenvalue weighted by molar-refractivity contribution is -0.127. The number of hydrogen-bond donors (Lipinski definition) is 0. The van der Waals surface area contributed by atoms with Crippen LogP contribution < -0.4 is 0 Å². The maximum absolute atomic E-state index is 11.6. The summed E-state index contributed by atoms with van der Waals surface area (Å²) in [4.78, 5) is 16.0. The zero-order chi connectivity index (χ0) is 12.0. The van der Waals surface area contributed by atoms with Crippen LogP contribution in [-0.2, 0) is 4.79 Å². The molecule has 1 rings (SSSR count). The molecule has 1 unspecified atom stereocenters. The van der Waals surface area contributed by atoms with E-state index in [0.29, 0.717) is 11.7 Å². The molecule has 1 aliphatic rings. The van der Waals surface area contributed by atoms with E-state index in [4.69, 9.17) is 0 Å². The molecule has 0 aromatic heterocycles. The molecule has 16 heavy (non-hydrogen) atoms. The molecule has 1 amide bonds. The summed E-state index contributed by atoms with van der Waals surface area (Å²) in [6.07, 6.45) is 4.65. The zero-order valence-corrected chi connectivity index (χ0v) is 11.6. The summed E-state index contributed by atoms with van der Waals surface area (Å²) in [6, 6.07) is 0. The predicted molar refractivity (Wildman–Crippen MR) is 70.9 cm³/mol. The van der Waals surface area contributed by atoms with Gasteiger partial charge < -0.3 is 9.80 Å². The van der Waals surface area contributed by atoms with E-state index in [1.165, 1.54) is 25.9 Å².